The molecule has 5 rings (SSSR count). The van der Waals surface area contributed by atoms with Crippen molar-refractivity contribution in [1.82, 2.24) is 10.3 Å². The molecule has 0 bridgehead atoms. The average molecular weight is 669 g/mol. The summed E-state index contributed by atoms with van der Waals surface area (Å²) in [5.41, 5.74) is 2.77. The number of nitrogens with one attached hydrogen (secondary N) is 3. The topological polar surface area (TPSA) is 119 Å². The molecule has 1 aromatic heterocycles. The first-order chi connectivity index (χ1) is 22.8. The molecule has 9 nitrogen and oxygen atoms in total. The molecule has 0 fully saturated rings. The van der Waals surface area contributed by atoms with Crippen LogP contribution in [0.1, 0.15) is 15.9 Å². The van der Waals surface area contributed by atoms with E-state index in [-0.39, 0.29) is 23.2 Å². The summed E-state index contributed by atoms with van der Waals surface area (Å²) in [5.74, 6) is -0.496. The summed E-state index contributed by atoms with van der Waals surface area (Å²) in [4.78, 5) is 44.4. The van der Waals surface area contributed by atoms with Gasteiger partial charge in [0.15, 0.2) is 5.13 Å². The average Bonchev–Trinajstić information content (AvgIpc) is 3.56. The second kappa shape index (κ2) is 15.7. The maximum absolute atomic E-state index is 13.6. The molecule has 5 aromatic rings. The van der Waals surface area contributed by atoms with Gasteiger partial charge in [0, 0.05) is 38.7 Å². The number of carbonyl (C=O) groups is 3. The number of hydrogen-bond acceptors (Lipinski definition) is 8. The highest BCUT2D eigenvalue weighted by molar-refractivity contribution is 8.00. The van der Waals surface area contributed by atoms with E-state index in [0.29, 0.717) is 39.1 Å². The van der Waals surface area contributed by atoms with E-state index in [1.54, 1.807) is 84.2 Å². The van der Waals surface area contributed by atoms with Crippen LogP contribution in [-0.4, -0.2) is 42.7 Å². The molecular formula is C35H29FN4O5S2. The van der Waals surface area contributed by atoms with Crippen molar-refractivity contribution in [1.29, 1.82) is 0 Å². The van der Waals surface area contributed by atoms with Crippen LogP contribution in [0.3, 0.4) is 0 Å². The zero-order valence-electron chi connectivity index (χ0n) is 25.3. The first-order valence-electron chi connectivity index (χ1n) is 14.2. The van der Waals surface area contributed by atoms with E-state index in [4.69, 9.17) is 9.47 Å². The van der Waals surface area contributed by atoms with Crippen LogP contribution in [0.5, 0.6) is 11.5 Å². The summed E-state index contributed by atoms with van der Waals surface area (Å²) in [6.45, 7) is 0. The molecule has 0 spiro atoms. The van der Waals surface area contributed by atoms with Gasteiger partial charge in [-0.25, -0.2) is 9.37 Å². The Morgan fingerprint density at radius 2 is 1.68 bits per heavy atom. The molecule has 0 radical (unpaired) electrons. The molecule has 0 saturated heterocycles. The Hall–Kier alpha value is -5.46. The lowest BCUT2D eigenvalue weighted by atomic mass is 10.1. The lowest BCUT2D eigenvalue weighted by Crippen LogP contribution is -2.30. The highest BCUT2D eigenvalue weighted by Gasteiger charge is 2.17. The minimum atomic E-state index is -0.562. The lowest BCUT2D eigenvalue weighted by Gasteiger charge is -2.13. The van der Waals surface area contributed by atoms with Crippen molar-refractivity contribution in [3.8, 4) is 22.8 Å². The second-order valence-corrected chi connectivity index (χ2v) is 11.8. The third kappa shape index (κ3) is 9.06. The van der Waals surface area contributed by atoms with E-state index in [9.17, 15) is 18.8 Å². The van der Waals surface area contributed by atoms with Gasteiger partial charge in [0.25, 0.3) is 11.8 Å². The van der Waals surface area contributed by atoms with Crippen LogP contribution >= 0.6 is 23.1 Å². The largest absolute Gasteiger partial charge is 0.497 e. The van der Waals surface area contributed by atoms with Crippen LogP contribution in [0.4, 0.5) is 15.2 Å². The number of rotatable bonds is 12. The van der Waals surface area contributed by atoms with Gasteiger partial charge in [-0.2, -0.15) is 0 Å². The third-order valence-corrected chi connectivity index (χ3v) is 8.37. The quantitative estimate of drug-likeness (QED) is 0.0958. The number of ether oxygens (including phenoxy) is 2. The van der Waals surface area contributed by atoms with Crippen LogP contribution in [-0.2, 0) is 9.59 Å². The van der Waals surface area contributed by atoms with Crippen LogP contribution < -0.4 is 25.4 Å². The van der Waals surface area contributed by atoms with E-state index < -0.39 is 11.8 Å². The molecule has 0 saturated carbocycles. The van der Waals surface area contributed by atoms with Gasteiger partial charge in [0.1, 0.15) is 23.0 Å². The minimum Gasteiger partial charge on any atom is -0.497 e. The Morgan fingerprint density at radius 1 is 0.894 bits per heavy atom. The van der Waals surface area contributed by atoms with Crippen molar-refractivity contribution in [2.75, 3.05) is 30.6 Å². The Morgan fingerprint density at radius 3 is 2.43 bits per heavy atom. The van der Waals surface area contributed by atoms with Gasteiger partial charge in [-0.05, 0) is 72.8 Å². The molecule has 3 amide bonds. The van der Waals surface area contributed by atoms with Gasteiger partial charge in [-0.15, -0.1) is 23.1 Å². The van der Waals surface area contributed by atoms with E-state index in [2.05, 4.69) is 20.9 Å². The fourth-order valence-electron chi connectivity index (χ4n) is 4.29. The maximum Gasteiger partial charge on any atom is 0.272 e. The molecule has 4 aromatic carbocycles. The van der Waals surface area contributed by atoms with Crippen LogP contribution in [0, 0.1) is 5.82 Å². The fourth-order valence-corrected chi connectivity index (χ4v) is 5.78. The standard InChI is InChI=1S/C35H29FN4O5S2/c1-44-27-16-13-24(31(19-27)45-2)17-29(38-33(42)23-7-4-3-5-8-23)34(43)37-26-9-6-10-28(18-26)46-21-32(41)40-35-39-30(20-47-35)22-11-14-25(36)15-12-22/h3-20H,21H2,1-2H3,(H,37,43)(H,38,42)(H,39,40,41)/b29-17+. The van der Waals surface area contributed by atoms with E-state index in [1.165, 1.54) is 55.5 Å². The third-order valence-electron chi connectivity index (χ3n) is 6.62. The molecule has 0 unspecified atom stereocenters. The molecule has 47 heavy (non-hydrogen) atoms. The second-order valence-electron chi connectivity index (χ2n) is 9.85. The number of anilines is 2. The number of benzene rings is 4. The summed E-state index contributed by atoms with van der Waals surface area (Å²) < 4.78 is 24.0. The van der Waals surface area contributed by atoms with Gasteiger partial charge < -0.3 is 25.4 Å². The molecular weight excluding hydrogens is 640 g/mol. The van der Waals surface area contributed by atoms with Crippen molar-refractivity contribution in [3.63, 3.8) is 0 Å². The van der Waals surface area contributed by atoms with Crippen LogP contribution in [0.15, 0.2) is 113 Å². The van der Waals surface area contributed by atoms with Crippen molar-refractivity contribution in [3.05, 3.63) is 125 Å². The Balaban J connectivity index is 1.26. The SMILES string of the molecule is COc1ccc(/C=C(/NC(=O)c2ccccc2)C(=O)Nc2cccc(SCC(=O)Nc3nc(-c4ccc(F)cc4)cs3)c2)c(OC)c1. The number of aromatic nitrogens is 1. The molecule has 0 atom stereocenters. The highest BCUT2D eigenvalue weighted by Crippen LogP contribution is 2.28. The smallest absolute Gasteiger partial charge is 0.272 e. The Kier molecular flexibility index (Phi) is 11.0. The van der Waals surface area contributed by atoms with Crippen molar-refractivity contribution in [2.45, 2.75) is 4.90 Å². The van der Waals surface area contributed by atoms with E-state index in [0.717, 1.165) is 10.5 Å². The molecule has 238 valence electrons. The number of halogens is 1. The van der Waals surface area contributed by atoms with Crippen LogP contribution in [0.2, 0.25) is 0 Å². The van der Waals surface area contributed by atoms with E-state index in [1.807, 2.05) is 6.07 Å². The van der Waals surface area contributed by atoms with Crippen molar-refractivity contribution < 1.29 is 28.2 Å². The Bertz CT molecular complexity index is 1910. The summed E-state index contributed by atoms with van der Waals surface area (Å²) >= 11 is 2.56. The predicted octanol–water partition coefficient (Wildman–Crippen LogP) is 7.11. The molecule has 0 aliphatic rings. The number of thioether (sulfide) groups is 1. The number of hydrogen-bond donors (Lipinski definition) is 3. The van der Waals surface area contributed by atoms with E-state index >= 15 is 0 Å². The summed E-state index contributed by atoms with van der Waals surface area (Å²) in [6.07, 6.45) is 1.53. The molecule has 1 heterocycles. The van der Waals surface area contributed by atoms with Gasteiger partial charge in [0.05, 0.1) is 25.7 Å². The normalized spacial score (nSPS) is 11.0. The number of nitrogens with zero attached hydrogens (tertiary/aromatic N) is 1. The number of methoxy groups -OCH3 is 2. The summed E-state index contributed by atoms with van der Waals surface area (Å²) in [6, 6.07) is 26.7. The van der Waals surface area contributed by atoms with Gasteiger partial charge in [-0.1, -0.05) is 24.3 Å². The van der Waals surface area contributed by atoms with Crippen molar-refractivity contribution in [2.24, 2.45) is 0 Å². The van der Waals surface area contributed by atoms with Gasteiger partial charge >= 0.3 is 0 Å². The first-order valence-corrected chi connectivity index (χ1v) is 16.0. The summed E-state index contributed by atoms with van der Waals surface area (Å²) in [5, 5.41) is 10.6. The van der Waals surface area contributed by atoms with Gasteiger partial charge in [-0.3, -0.25) is 14.4 Å². The summed E-state index contributed by atoms with van der Waals surface area (Å²) in [7, 11) is 3.04. The number of thiazole rings is 1. The van der Waals surface area contributed by atoms with Crippen LogP contribution in [0.25, 0.3) is 17.3 Å². The maximum atomic E-state index is 13.6. The molecule has 12 heteroatoms. The zero-order chi connectivity index (χ0) is 33.2. The lowest BCUT2D eigenvalue weighted by molar-refractivity contribution is -0.114. The number of amides is 3. The first kappa shape index (κ1) is 32.9. The molecule has 0 aliphatic carbocycles. The molecule has 3 N–H and O–H groups in total. The minimum absolute atomic E-state index is 0.0109. The monoisotopic (exact) mass is 668 g/mol. The highest BCUT2D eigenvalue weighted by atomic mass is 32.2. The molecule has 0 aliphatic heterocycles. The Labute approximate surface area is 278 Å². The van der Waals surface area contributed by atoms with Crippen molar-refractivity contribution >= 4 is 57.7 Å². The van der Waals surface area contributed by atoms with Gasteiger partial charge in [0.2, 0.25) is 5.91 Å². The number of carbonyl (C=O) groups excluding carboxylic acids is 3. The fraction of sp³-hybridized carbons (Fsp3) is 0.0857. The zero-order valence-corrected chi connectivity index (χ0v) is 26.9. The predicted molar refractivity (Wildman–Crippen MR) is 183 cm³/mol.